The van der Waals surface area contributed by atoms with E-state index >= 15 is 0 Å². The SMILES string of the molecule is Cc1ccc(NC(=O)COC(=O)C2CCCN2C(=O)c2cccs2)cc1S(=O)(=O)N(C)C. The Hall–Kier alpha value is -2.76. The molecule has 1 aromatic carbocycles. The lowest BCUT2D eigenvalue weighted by atomic mass is 10.2. The lowest BCUT2D eigenvalue weighted by Gasteiger charge is -2.22. The number of nitrogens with one attached hydrogen (secondary N) is 1. The zero-order valence-corrected chi connectivity index (χ0v) is 19.7. The highest BCUT2D eigenvalue weighted by atomic mass is 32.2. The van der Waals surface area contributed by atoms with Crippen LogP contribution in [0.15, 0.2) is 40.6 Å². The third-order valence-corrected chi connectivity index (χ3v) is 7.91. The van der Waals surface area contributed by atoms with Crippen LogP contribution in [-0.4, -0.2) is 68.7 Å². The van der Waals surface area contributed by atoms with E-state index in [1.165, 1.54) is 36.4 Å². The van der Waals surface area contributed by atoms with Crippen LogP contribution < -0.4 is 5.32 Å². The molecule has 1 N–H and O–H groups in total. The fourth-order valence-corrected chi connectivity index (χ4v) is 5.20. The van der Waals surface area contributed by atoms with Crippen LogP contribution >= 0.6 is 11.3 Å². The molecular weight excluding hydrogens is 454 g/mol. The summed E-state index contributed by atoms with van der Waals surface area (Å²) in [5.41, 5.74) is 0.812. The van der Waals surface area contributed by atoms with Crippen LogP contribution in [0.1, 0.15) is 28.1 Å². The molecule has 0 bridgehead atoms. The van der Waals surface area contributed by atoms with E-state index in [1.807, 2.05) is 0 Å². The van der Waals surface area contributed by atoms with E-state index in [9.17, 15) is 22.8 Å². The van der Waals surface area contributed by atoms with Gasteiger partial charge in [0, 0.05) is 26.3 Å². The van der Waals surface area contributed by atoms with Crippen LogP contribution in [-0.2, 0) is 24.3 Å². The largest absolute Gasteiger partial charge is 0.454 e. The molecule has 172 valence electrons. The molecule has 1 unspecified atom stereocenters. The first-order valence-electron chi connectivity index (χ1n) is 9.95. The Morgan fingerprint density at radius 3 is 2.66 bits per heavy atom. The fraction of sp³-hybridized carbons (Fsp3) is 0.381. The quantitative estimate of drug-likeness (QED) is 0.609. The Labute approximate surface area is 191 Å². The van der Waals surface area contributed by atoms with Crippen molar-refractivity contribution in [2.24, 2.45) is 0 Å². The minimum absolute atomic E-state index is 0.0750. The molecule has 2 aromatic rings. The summed E-state index contributed by atoms with van der Waals surface area (Å²) >= 11 is 1.30. The van der Waals surface area contributed by atoms with Crippen molar-refractivity contribution in [2.45, 2.75) is 30.7 Å². The van der Waals surface area contributed by atoms with Gasteiger partial charge in [-0.3, -0.25) is 9.59 Å². The number of aryl methyl sites for hydroxylation is 1. The van der Waals surface area contributed by atoms with Crippen molar-refractivity contribution in [1.82, 2.24) is 9.21 Å². The second-order valence-corrected chi connectivity index (χ2v) is 10.6. The van der Waals surface area contributed by atoms with Crippen molar-refractivity contribution >= 4 is 44.8 Å². The maximum absolute atomic E-state index is 12.6. The van der Waals surface area contributed by atoms with Crippen molar-refractivity contribution in [3.05, 3.63) is 46.2 Å². The third kappa shape index (κ3) is 5.17. The molecule has 0 radical (unpaired) electrons. The highest BCUT2D eigenvalue weighted by Crippen LogP contribution is 2.24. The van der Waals surface area contributed by atoms with E-state index in [-0.39, 0.29) is 16.5 Å². The molecule has 1 aliphatic heterocycles. The van der Waals surface area contributed by atoms with Gasteiger partial charge in [0.15, 0.2) is 6.61 Å². The first-order chi connectivity index (χ1) is 15.1. The number of rotatable bonds is 7. The predicted octanol–water partition coefficient (Wildman–Crippen LogP) is 2.09. The molecule has 2 amide bonds. The number of amides is 2. The molecule has 9 nitrogen and oxygen atoms in total. The number of thiophene rings is 1. The molecular formula is C21H25N3O6S2. The third-order valence-electron chi connectivity index (χ3n) is 5.09. The van der Waals surface area contributed by atoms with Crippen molar-refractivity contribution in [2.75, 3.05) is 32.6 Å². The number of carbonyl (C=O) groups excluding carboxylic acids is 3. The fourth-order valence-electron chi connectivity index (χ4n) is 3.38. The maximum Gasteiger partial charge on any atom is 0.329 e. The molecule has 11 heteroatoms. The van der Waals surface area contributed by atoms with Gasteiger partial charge in [0.2, 0.25) is 10.0 Å². The monoisotopic (exact) mass is 479 g/mol. The number of sulfonamides is 1. The molecule has 1 fully saturated rings. The summed E-state index contributed by atoms with van der Waals surface area (Å²) in [5, 5.41) is 4.34. The lowest BCUT2D eigenvalue weighted by molar-refractivity contribution is -0.151. The summed E-state index contributed by atoms with van der Waals surface area (Å²) in [6.07, 6.45) is 1.15. The molecule has 1 aromatic heterocycles. The van der Waals surface area contributed by atoms with Gasteiger partial charge in [0.25, 0.3) is 11.8 Å². The molecule has 0 spiro atoms. The number of carbonyl (C=O) groups is 3. The Bertz CT molecular complexity index is 1110. The molecule has 1 aliphatic rings. The predicted molar refractivity (Wildman–Crippen MR) is 120 cm³/mol. The van der Waals surface area contributed by atoms with Crippen molar-refractivity contribution < 1.29 is 27.5 Å². The standard InChI is InChI=1S/C21H25N3O6S2/c1-14-8-9-15(12-18(14)32(28,29)23(2)3)22-19(25)13-30-21(27)16-6-4-10-24(16)20(26)17-7-5-11-31-17/h5,7-9,11-12,16H,4,6,10,13H2,1-3H3,(H,22,25). The van der Waals surface area contributed by atoms with Gasteiger partial charge in [-0.25, -0.2) is 17.5 Å². The maximum atomic E-state index is 12.6. The van der Waals surface area contributed by atoms with Crippen LogP contribution in [0.4, 0.5) is 5.69 Å². The minimum Gasteiger partial charge on any atom is -0.454 e. The summed E-state index contributed by atoms with van der Waals surface area (Å²) in [6, 6.07) is 7.27. The summed E-state index contributed by atoms with van der Waals surface area (Å²) < 4.78 is 31.1. The van der Waals surface area contributed by atoms with E-state index in [4.69, 9.17) is 4.74 Å². The van der Waals surface area contributed by atoms with E-state index in [0.717, 1.165) is 4.31 Å². The number of esters is 1. The molecule has 3 rings (SSSR count). The summed E-state index contributed by atoms with van der Waals surface area (Å²) in [7, 11) is -0.824. The van der Waals surface area contributed by atoms with Crippen LogP contribution in [0.5, 0.6) is 0 Å². The smallest absolute Gasteiger partial charge is 0.329 e. The molecule has 0 saturated carbocycles. The second kappa shape index (κ2) is 9.80. The number of likely N-dealkylation sites (tertiary alicyclic amines) is 1. The molecule has 0 aliphatic carbocycles. The molecule has 1 atom stereocenters. The van der Waals surface area contributed by atoms with Crippen LogP contribution in [0.2, 0.25) is 0 Å². The average Bonchev–Trinajstić information content (AvgIpc) is 3.45. The van der Waals surface area contributed by atoms with Crippen molar-refractivity contribution in [1.29, 1.82) is 0 Å². The van der Waals surface area contributed by atoms with Gasteiger partial charge in [-0.15, -0.1) is 11.3 Å². The second-order valence-electron chi connectivity index (χ2n) is 7.56. The lowest BCUT2D eigenvalue weighted by Crippen LogP contribution is -2.41. The van der Waals surface area contributed by atoms with E-state index < -0.39 is 34.5 Å². The molecule has 32 heavy (non-hydrogen) atoms. The van der Waals surface area contributed by atoms with Gasteiger partial charge in [-0.2, -0.15) is 0 Å². The zero-order valence-electron chi connectivity index (χ0n) is 18.0. The number of nitrogens with zero attached hydrogens (tertiary/aromatic N) is 2. The van der Waals surface area contributed by atoms with Crippen LogP contribution in [0.25, 0.3) is 0 Å². The summed E-state index contributed by atoms with van der Waals surface area (Å²) in [6.45, 7) is 1.57. The number of benzene rings is 1. The van der Waals surface area contributed by atoms with Crippen LogP contribution in [0.3, 0.4) is 0 Å². The van der Waals surface area contributed by atoms with Gasteiger partial charge in [0.05, 0.1) is 9.77 Å². The van der Waals surface area contributed by atoms with E-state index in [2.05, 4.69) is 5.32 Å². The number of hydrogen-bond acceptors (Lipinski definition) is 7. The first-order valence-corrected chi connectivity index (χ1v) is 12.3. The Kier molecular flexibility index (Phi) is 7.32. The minimum atomic E-state index is -3.68. The molecule has 1 saturated heterocycles. The Morgan fingerprint density at radius 2 is 2.00 bits per heavy atom. The van der Waals surface area contributed by atoms with Gasteiger partial charge in [0.1, 0.15) is 6.04 Å². The van der Waals surface area contributed by atoms with Gasteiger partial charge in [-0.1, -0.05) is 12.1 Å². The van der Waals surface area contributed by atoms with Crippen molar-refractivity contribution in [3.63, 3.8) is 0 Å². The van der Waals surface area contributed by atoms with Crippen molar-refractivity contribution in [3.8, 4) is 0 Å². The van der Waals surface area contributed by atoms with Gasteiger partial charge in [-0.05, 0) is 48.9 Å². The normalized spacial score (nSPS) is 16.2. The summed E-state index contributed by atoms with van der Waals surface area (Å²) in [4.78, 5) is 39.5. The zero-order chi connectivity index (χ0) is 23.5. The molecule has 2 heterocycles. The first kappa shape index (κ1) is 23.9. The van der Waals surface area contributed by atoms with Gasteiger partial charge < -0.3 is 15.0 Å². The van der Waals surface area contributed by atoms with E-state index in [0.29, 0.717) is 29.8 Å². The van der Waals surface area contributed by atoms with Gasteiger partial charge >= 0.3 is 5.97 Å². The summed E-state index contributed by atoms with van der Waals surface area (Å²) in [5.74, 6) is -1.47. The Balaban J connectivity index is 1.60. The average molecular weight is 480 g/mol. The number of hydrogen-bond donors (Lipinski definition) is 1. The Morgan fingerprint density at radius 1 is 1.25 bits per heavy atom. The number of ether oxygens (including phenoxy) is 1. The van der Waals surface area contributed by atoms with E-state index in [1.54, 1.807) is 36.6 Å². The highest BCUT2D eigenvalue weighted by molar-refractivity contribution is 7.89. The highest BCUT2D eigenvalue weighted by Gasteiger charge is 2.36. The topological polar surface area (TPSA) is 113 Å². The number of anilines is 1. The van der Waals surface area contributed by atoms with Crippen LogP contribution in [0, 0.1) is 6.92 Å².